The maximum atomic E-state index is 11.6. The molecule has 2 fully saturated rings. The molecule has 1 aliphatic heterocycles. The average Bonchev–Trinajstić information content (AvgIpc) is 3.16. The highest BCUT2D eigenvalue weighted by Crippen LogP contribution is 2.38. The summed E-state index contributed by atoms with van der Waals surface area (Å²) in [6, 6.07) is 8.93. The van der Waals surface area contributed by atoms with Crippen molar-refractivity contribution < 1.29 is 14.3 Å². The van der Waals surface area contributed by atoms with Crippen LogP contribution in [0.15, 0.2) is 24.3 Å². The number of fused-ring (bicyclic) bond motifs is 1. The summed E-state index contributed by atoms with van der Waals surface area (Å²) in [7, 11) is 0. The van der Waals surface area contributed by atoms with E-state index in [1.807, 2.05) is 20.8 Å². The van der Waals surface area contributed by atoms with Gasteiger partial charge in [-0.3, -0.25) is 9.69 Å². The molecule has 1 saturated carbocycles. The lowest BCUT2D eigenvalue weighted by Gasteiger charge is -2.19. The fourth-order valence-corrected chi connectivity index (χ4v) is 4.37. The summed E-state index contributed by atoms with van der Waals surface area (Å²) in [5.74, 6) is 1.72. The van der Waals surface area contributed by atoms with Gasteiger partial charge in [0, 0.05) is 19.6 Å². The molecule has 1 aromatic carbocycles. The van der Waals surface area contributed by atoms with Gasteiger partial charge in [-0.15, -0.1) is 0 Å². The Kier molecular flexibility index (Phi) is 6.93. The number of carbonyl (C=O) groups is 1. The fourth-order valence-electron chi connectivity index (χ4n) is 4.37. The molecular weight excluding hydrogens is 338 g/mol. The van der Waals surface area contributed by atoms with Gasteiger partial charge in [-0.1, -0.05) is 30.7 Å². The molecule has 1 saturated heterocycles. The van der Waals surface area contributed by atoms with Crippen LogP contribution >= 0.6 is 0 Å². The predicted molar refractivity (Wildman–Crippen MR) is 108 cm³/mol. The van der Waals surface area contributed by atoms with Crippen LogP contribution in [0.4, 0.5) is 0 Å². The second-order valence-electron chi connectivity index (χ2n) is 9.16. The molecule has 150 valence electrons. The molecule has 1 heterocycles. The van der Waals surface area contributed by atoms with Crippen molar-refractivity contribution in [2.75, 3.05) is 26.3 Å². The van der Waals surface area contributed by atoms with Gasteiger partial charge in [-0.05, 0) is 63.0 Å². The van der Waals surface area contributed by atoms with Crippen molar-refractivity contribution in [1.29, 1.82) is 0 Å². The number of benzene rings is 1. The molecule has 0 bridgehead atoms. The van der Waals surface area contributed by atoms with Crippen LogP contribution in [0.2, 0.25) is 0 Å². The largest absolute Gasteiger partial charge is 0.460 e. The Hall–Kier alpha value is -1.39. The fraction of sp³-hybridized carbons (Fsp3) is 0.696. The van der Waals surface area contributed by atoms with Crippen molar-refractivity contribution in [1.82, 2.24) is 4.90 Å². The van der Waals surface area contributed by atoms with Gasteiger partial charge < -0.3 is 9.47 Å². The zero-order valence-corrected chi connectivity index (χ0v) is 17.2. The van der Waals surface area contributed by atoms with E-state index in [4.69, 9.17) is 9.47 Å². The van der Waals surface area contributed by atoms with E-state index in [1.165, 1.54) is 43.5 Å². The molecule has 2 aliphatic rings. The predicted octanol–water partition coefficient (Wildman–Crippen LogP) is 4.21. The minimum absolute atomic E-state index is 0.196. The molecule has 0 radical (unpaired) electrons. The third-order valence-electron chi connectivity index (χ3n) is 5.64. The number of ether oxygens (including phenoxy) is 2. The van der Waals surface area contributed by atoms with E-state index < -0.39 is 5.60 Å². The van der Waals surface area contributed by atoms with Crippen molar-refractivity contribution in [3.05, 3.63) is 35.4 Å². The summed E-state index contributed by atoms with van der Waals surface area (Å²) in [6.07, 6.45) is 5.51. The van der Waals surface area contributed by atoms with Gasteiger partial charge in [-0.25, -0.2) is 0 Å². The van der Waals surface area contributed by atoms with Crippen LogP contribution in [-0.4, -0.2) is 42.8 Å². The van der Waals surface area contributed by atoms with Crippen LogP contribution in [0.25, 0.3) is 0 Å². The van der Waals surface area contributed by atoms with E-state index in [1.54, 1.807) is 0 Å². The molecule has 1 aliphatic carbocycles. The van der Waals surface area contributed by atoms with E-state index in [9.17, 15) is 4.79 Å². The van der Waals surface area contributed by atoms with Gasteiger partial charge >= 0.3 is 5.97 Å². The molecule has 27 heavy (non-hydrogen) atoms. The summed E-state index contributed by atoms with van der Waals surface area (Å²) in [6.45, 7) is 10.4. The zero-order valence-electron chi connectivity index (χ0n) is 17.2. The Labute approximate surface area is 164 Å². The van der Waals surface area contributed by atoms with E-state index in [0.717, 1.165) is 24.8 Å². The van der Waals surface area contributed by atoms with Gasteiger partial charge in [0.1, 0.15) is 5.60 Å². The molecule has 0 amide bonds. The quantitative estimate of drug-likeness (QED) is 0.505. The minimum Gasteiger partial charge on any atom is -0.460 e. The Morgan fingerprint density at radius 3 is 2.30 bits per heavy atom. The third kappa shape index (κ3) is 6.62. The Morgan fingerprint density at radius 1 is 1.04 bits per heavy atom. The lowest BCUT2D eigenvalue weighted by Crippen LogP contribution is -2.24. The Bertz CT molecular complexity index is 593. The number of likely N-dealkylation sites (tertiary alicyclic amines) is 1. The van der Waals surface area contributed by atoms with Gasteiger partial charge in [0.2, 0.25) is 0 Å². The lowest BCUT2D eigenvalue weighted by atomic mass is 10.0. The van der Waals surface area contributed by atoms with Crippen LogP contribution in [0.5, 0.6) is 0 Å². The number of carbonyl (C=O) groups excluding carboxylic acids is 1. The molecular formula is C23H35NO3. The maximum Gasteiger partial charge on any atom is 0.308 e. The SMILES string of the molecule is CC(C)(C)OC(=O)CCOCCc1ccc(CN2CC3CCC[C@@H]3C2)cc1. The summed E-state index contributed by atoms with van der Waals surface area (Å²) in [5.41, 5.74) is 2.27. The molecule has 2 atom stereocenters. The first-order valence-electron chi connectivity index (χ1n) is 10.5. The van der Waals surface area contributed by atoms with Crippen molar-refractivity contribution >= 4 is 5.97 Å². The summed E-state index contributed by atoms with van der Waals surface area (Å²) in [4.78, 5) is 14.3. The molecule has 1 aromatic rings. The van der Waals surface area contributed by atoms with Crippen LogP contribution in [-0.2, 0) is 27.2 Å². The molecule has 0 spiro atoms. The molecule has 1 unspecified atom stereocenters. The first-order chi connectivity index (χ1) is 12.9. The molecule has 3 rings (SSSR count). The van der Waals surface area contributed by atoms with Gasteiger partial charge in [0.25, 0.3) is 0 Å². The van der Waals surface area contributed by atoms with Gasteiger partial charge in [-0.2, -0.15) is 0 Å². The van der Waals surface area contributed by atoms with Crippen LogP contribution in [0.3, 0.4) is 0 Å². The first kappa shape index (κ1) is 20.3. The minimum atomic E-state index is -0.424. The highest BCUT2D eigenvalue weighted by molar-refractivity contribution is 5.69. The highest BCUT2D eigenvalue weighted by atomic mass is 16.6. The molecule has 4 heteroatoms. The van der Waals surface area contributed by atoms with Crippen LogP contribution in [0, 0.1) is 11.8 Å². The monoisotopic (exact) mass is 373 g/mol. The van der Waals surface area contributed by atoms with E-state index in [-0.39, 0.29) is 5.97 Å². The zero-order chi connectivity index (χ0) is 19.3. The van der Waals surface area contributed by atoms with Crippen molar-refractivity contribution in [3.8, 4) is 0 Å². The summed E-state index contributed by atoms with van der Waals surface area (Å²) >= 11 is 0. The number of rotatable bonds is 8. The number of hydrogen-bond acceptors (Lipinski definition) is 4. The topological polar surface area (TPSA) is 38.8 Å². The number of hydrogen-bond donors (Lipinski definition) is 0. The van der Waals surface area contributed by atoms with Crippen molar-refractivity contribution in [2.45, 2.75) is 65.0 Å². The third-order valence-corrected chi connectivity index (χ3v) is 5.64. The molecule has 0 aromatic heterocycles. The van der Waals surface area contributed by atoms with E-state index in [2.05, 4.69) is 29.2 Å². The molecule has 4 nitrogen and oxygen atoms in total. The number of nitrogens with zero attached hydrogens (tertiary/aromatic N) is 1. The van der Waals surface area contributed by atoms with Crippen LogP contribution < -0.4 is 0 Å². The highest BCUT2D eigenvalue weighted by Gasteiger charge is 2.35. The number of esters is 1. The first-order valence-corrected chi connectivity index (χ1v) is 10.5. The second kappa shape index (κ2) is 9.20. The standard InChI is InChI=1S/C23H35NO3/c1-23(2,3)27-22(25)12-14-26-13-11-18-7-9-19(10-8-18)15-24-16-20-5-4-6-21(20)17-24/h7-10,20-21H,4-6,11-17H2,1-3H3/t20-,21?/m1/s1. The van der Waals surface area contributed by atoms with E-state index in [0.29, 0.717) is 19.6 Å². The maximum absolute atomic E-state index is 11.6. The smallest absolute Gasteiger partial charge is 0.308 e. The Morgan fingerprint density at radius 2 is 1.67 bits per heavy atom. The Balaban J connectivity index is 1.31. The summed E-state index contributed by atoms with van der Waals surface area (Å²) < 4.78 is 10.9. The summed E-state index contributed by atoms with van der Waals surface area (Å²) in [5, 5.41) is 0. The average molecular weight is 374 g/mol. The van der Waals surface area contributed by atoms with Crippen molar-refractivity contribution in [3.63, 3.8) is 0 Å². The lowest BCUT2D eigenvalue weighted by molar-refractivity contribution is -0.156. The second-order valence-corrected chi connectivity index (χ2v) is 9.16. The van der Waals surface area contributed by atoms with E-state index >= 15 is 0 Å². The normalized spacial score (nSPS) is 22.8. The van der Waals surface area contributed by atoms with Crippen molar-refractivity contribution in [2.24, 2.45) is 11.8 Å². The molecule has 0 N–H and O–H groups in total. The van der Waals surface area contributed by atoms with Gasteiger partial charge in [0.05, 0.1) is 19.6 Å². The van der Waals surface area contributed by atoms with Crippen LogP contribution in [0.1, 0.15) is 57.6 Å². The van der Waals surface area contributed by atoms with Gasteiger partial charge in [0.15, 0.2) is 0 Å².